The van der Waals surface area contributed by atoms with Crippen LogP contribution in [0.3, 0.4) is 0 Å². The zero-order valence-electron chi connectivity index (χ0n) is 19.7. The van der Waals surface area contributed by atoms with E-state index in [0.29, 0.717) is 17.7 Å². The molecule has 9 heteroatoms. The maximum absolute atomic E-state index is 14.8. The van der Waals surface area contributed by atoms with Gasteiger partial charge < -0.3 is 15.1 Å². The zero-order chi connectivity index (χ0) is 23.8. The number of hydrogen-bond donors (Lipinski definition) is 1. The van der Waals surface area contributed by atoms with E-state index in [1.807, 2.05) is 30.6 Å². The topological polar surface area (TPSA) is 70.1 Å². The molecule has 4 aromatic rings. The van der Waals surface area contributed by atoms with Crippen LogP contribution >= 0.6 is 11.3 Å². The lowest BCUT2D eigenvalue weighted by Gasteiger charge is -2.33. The first kappa shape index (κ1) is 22.3. The number of fused-ring (bicyclic) bond motifs is 1. The monoisotopic (exact) mass is 489 g/mol. The number of anilines is 3. The summed E-state index contributed by atoms with van der Waals surface area (Å²) in [6.45, 7) is 4.06. The third-order valence-electron chi connectivity index (χ3n) is 7.07. The molecule has 0 amide bonds. The molecule has 1 saturated heterocycles. The second kappa shape index (κ2) is 9.47. The predicted octanol–water partition coefficient (Wildman–Crippen LogP) is 5.44. The molecule has 35 heavy (non-hydrogen) atoms. The van der Waals surface area contributed by atoms with E-state index in [9.17, 15) is 4.39 Å². The highest BCUT2D eigenvalue weighted by atomic mass is 32.1. The van der Waals surface area contributed by atoms with Crippen LogP contribution in [0.1, 0.15) is 37.2 Å². The van der Waals surface area contributed by atoms with E-state index in [4.69, 9.17) is 0 Å². The normalized spacial score (nSPS) is 17.4. The standard InChI is InChI=1S/C26H28FN7S/c1-33-10-12-34(13-11-33)18-6-7-23(29-15-18)31-26-30-16-20(27)24(32-26)22-14-21-25(35-22)19(8-9-28-21)17-4-2-3-5-17/h6-9,14-17H,2-5,10-13H2,1H3,(H,29,30,31,32). The molecule has 0 atom stereocenters. The van der Waals surface area contributed by atoms with Crippen LogP contribution in [-0.2, 0) is 0 Å². The average Bonchev–Trinajstić information content (AvgIpc) is 3.56. The Kier molecular flexibility index (Phi) is 6.03. The number of piperazine rings is 1. The Balaban J connectivity index is 1.24. The van der Waals surface area contributed by atoms with Crippen molar-refractivity contribution in [2.24, 2.45) is 0 Å². The third-order valence-corrected chi connectivity index (χ3v) is 8.25. The first-order valence-electron chi connectivity index (χ1n) is 12.2. The minimum atomic E-state index is -0.442. The summed E-state index contributed by atoms with van der Waals surface area (Å²) in [4.78, 5) is 23.2. The fourth-order valence-corrected chi connectivity index (χ4v) is 6.26. The van der Waals surface area contributed by atoms with Gasteiger partial charge in [0.1, 0.15) is 11.5 Å². The summed E-state index contributed by atoms with van der Waals surface area (Å²) < 4.78 is 16.0. The molecule has 2 aliphatic rings. The Hall–Kier alpha value is -3.17. The number of nitrogens with one attached hydrogen (secondary N) is 1. The summed E-state index contributed by atoms with van der Waals surface area (Å²) in [7, 11) is 2.14. The van der Waals surface area contributed by atoms with Gasteiger partial charge in [0, 0.05) is 32.4 Å². The van der Waals surface area contributed by atoms with E-state index >= 15 is 0 Å². The van der Waals surface area contributed by atoms with Crippen LogP contribution in [-0.4, -0.2) is 58.1 Å². The molecule has 1 aliphatic carbocycles. The van der Waals surface area contributed by atoms with E-state index in [0.717, 1.165) is 47.0 Å². The molecule has 180 valence electrons. The van der Waals surface area contributed by atoms with E-state index < -0.39 is 5.82 Å². The van der Waals surface area contributed by atoms with Gasteiger partial charge in [0.05, 0.1) is 33.2 Å². The molecule has 6 rings (SSSR count). The zero-order valence-corrected chi connectivity index (χ0v) is 20.6. The summed E-state index contributed by atoms with van der Waals surface area (Å²) in [5.41, 5.74) is 3.63. The van der Waals surface area contributed by atoms with Crippen molar-refractivity contribution in [1.82, 2.24) is 24.8 Å². The smallest absolute Gasteiger partial charge is 0.229 e. The van der Waals surface area contributed by atoms with Crippen molar-refractivity contribution in [2.45, 2.75) is 31.6 Å². The van der Waals surface area contributed by atoms with Crippen molar-refractivity contribution < 1.29 is 4.39 Å². The van der Waals surface area contributed by atoms with Crippen molar-refractivity contribution in [2.75, 3.05) is 43.4 Å². The lowest BCUT2D eigenvalue weighted by atomic mass is 9.98. The minimum absolute atomic E-state index is 0.289. The molecule has 1 aliphatic heterocycles. The van der Waals surface area contributed by atoms with Crippen LogP contribution in [0, 0.1) is 5.82 Å². The third kappa shape index (κ3) is 4.58. The van der Waals surface area contributed by atoms with Gasteiger partial charge in [-0.05, 0) is 55.6 Å². The number of thiophene rings is 1. The second-order valence-electron chi connectivity index (χ2n) is 9.41. The molecule has 0 spiro atoms. The fraction of sp³-hybridized carbons (Fsp3) is 0.385. The van der Waals surface area contributed by atoms with Crippen LogP contribution in [0.15, 0.2) is 42.9 Å². The quantitative estimate of drug-likeness (QED) is 0.400. The summed E-state index contributed by atoms with van der Waals surface area (Å²) in [6, 6.07) is 8.03. The summed E-state index contributed by atoms with van der Waals surface area (Å²) in [5.74, 6) is 1.08. The lowest BCUT2D eigenvalue weighted by Crippen LogP contribution is -2.44. The Labute approximate surface area is 208 Å². The van der Waals surface area contributed by atoms with Gasteiger partial charge in [0.15, 0.2) is 5.82 Å². The van der Waals surface area contributed by atoms with Crippen LogP contribution in [0.4, 0.5) is 21.8 Å². The first-order chi connectivity index (χ1) is 17.1. The van der Waals surface area contributed by atoms with Crippen molar-refractivity contribution >= 4 is 39.0 Å². The fourth-order valence-electron chi connectivity index (χ4n) is 5.06. The van der Waals surface area contributed by atoms with E-state index in [-0.39, 0.29) is 5.69 Å². The molecule has 0 aromatic carbocycles. The number of likely N-dealkylation sites (N-methyl/N-ethyl adjacent to an activating group) is 1. The maximum atomic E-state index is 14.8. The molecule has 2 fully saturated rings. The van der Waals surface area contributed by atoms with E-state index in [1.165, 1.54) is 37.4 Å². The second-order valence-corrected chi connectivity index (χ2v) is 10.5. The van der Waals surface area contributed by atoms with Gasteiger partial charge in [-0.25, -0.2) is 19.3 Å². The summed E-state index contributed by atoms with van der Waals surface area (Å²) in [6.07, 6.45) is 9.91. The summed E-state index contributed by atoms with van der Waals surface area (Å²) in [5, 5.41) is 3.13. The van der Waals surface area contributed by atoms with E-state index in [2.05, 4.69) is 48.2 Å². The molecule has 0 bridgehead atoms. The highest BCUT2D eigenvalue weighted by Gasteiger charge is 2.22. The highest BCUT2D eigenvalue weighted by molar-refractivity contribution is 7.22. The maximum Gasteiger partial charge on any atom is 0.229 e. The molecule has 0 radical (unpaired) electrons. The molecule has 7 nitrogen and oxygen atoms in total. The number of nitrogens with zero attached hydrogens (tertiary/aromatic N) is 6. The van der Waals surface area contributed by atoms with Crippen LogP contribution in [0.25, 0.3) is 20.8 Å². The van der Waals surface area contributed by atoms with Crippen LogP contribution < -0.4 is 10.2 Å². The van der Waals surface area contributed by atoms with Gasteiger partial charge >= 0.3 is 0 Å². The molecule has 0 unspecified atom stereocenters. The van der Waals surface area contributed by atoms with Gasteiger partial charge in [-0.15, -0.1) is 11.3 Å². The Morgan fingerprint density at radius 1 is 1.00 bits per heavy atom. The lowest BCUT2D eigenvalue weighted by molar-refractivity contribution is 0.313. The Morgan fingerprint density at radius 3 is 2.60 bits per heavy atom. The molecular weight excluding hydrogens is 461 g/mol. The largest absolute Gasteiger partial charge is 0.368 e. The van der Waals surface area contributed by atoms with Gasteiger partial charge in [-0.3, -0.25) is 4.98 Å². The van der Waals surface area contributed by atoms with E-state index in [1.54, 1.807) is 11.3 Å². The number of pyridine rings is 2. The van der Waals surface area contributed by atoms with Gasteiger partial charge in [0.25, 0.3) is 0 Å². The number of rotatable bonds is 5. The van der Waals surface area contributed by atoms with Gasteiger partial charge in [-0.2, -0.15) is 0 Å². The molecular formula is C26H28FN7S. The first-order valence-corrected chi connectivity index (χ1v) is 13.0. The number of halogens is 1. The minimum Gasteiger partial charge on any atom is -0.368 e. The predicted molar refractivity (Wildman–Crippen MR) is 139 cm³/mol. The molecule has 1 saturated carbocycles. The number of hydrogen-bond acceptors (Lipinski definition) is 8. The highest BCUT2D eigenvalue weighted by Crippen LogP contribution is 2.42. The van der Waals surface area contributed by atoms with Crippen molar-refractivity contribution in [1.29, 1.82) is 0 Å². The SMILES string of the molecule is CN1CCN(c2ccc(Nc3ncc(F)c(-c4cc5nccc(C6CCCC6)c5s4)n3)nc2)CC1. The van der Waals surface area contributed by atoms with Crippen LogP contribution in [0.2, 0.25) is 0 Å². The average molecular weight is 490 g/mol. The Morgan fingerprint density at radius 2 is 1.83 bits per heavy atom. The summed E-state index contributed by atoms with van der Waals surface area (Å²) >= 11 is 1.57. The number of aromatic nitrogens is 4. The van der Waals surface area contributed by atoms with Gasteiger partial charge in [0.2, 0.25) is 5.95 Å². The van der Waals surface area contributed by atoms with Crippen molar-refractivity contribution in [3.63, 3.8) is 0 Å². The molecule has 4 aromatic heterocycles. The Bertz CT molecular complexity index is 1330. The van der Waals surface area contributed by atoms with Crippen molar-refractivity contribution in [3.05, 3.63) is 54.2 Å². The molecule has 5 heterocycles. The van der Waals surface area contributed by atoms with Gasteiger partial charge in [-0.1, -0.05) is 12.8 Å². The van der Waals surface area contributed by atoms with Crippen molar-refractivity contribution in [3.8, 4) is 10.6 Å². The molecule has 1 N–H and O–H groups in total. The van der Waals surface area contributed by atoms with Crippen LogP contribution in [0.5, 0.6) is 0 Å².